The number of fused-ring (bicyclic) bond motifs is 1. The molecule has 0 saturated heterocycles. The fourth-order valence-electron chi connectivity index (χ4n) is 2.84. The van der Waals surface area contributed by atoms with Crippen LogP contribution in [0, 0.1) is 0 Å². The molecule has 6 nitrogen and oxygen atoms in total. The molecule has 0 radical (unpaired) electrons. The van der Waals surface area contributed by atoms with Crippen molar-refractivity contribution >= 4 is 11.9 Å². The predicted octanol–water partition coefficient (Wildman–Crippen LogP) is 2.86. The minimum Gasteiger partial charge on any atom is -0.466 e. The van der Waals surface area contributed by atoms with Gasteiger partial charge in [-0.05, 0) is 24.0 Å². The van der Waals surface area contributed by atoms with Gasteiger partial charge < -0.3 is 10.1 Å². The Morgan fingerprint density at radius 2 is 2.00 bits per heavy atom. The van der Waals surface area contributed by atoms with Crippen molar-refractivity contribution in [1.29, 1.82) is 0 Å². The Labute approximate surface area is 135 Å². The molecule has 0 saturated carbocycles. The van der Waals surface area contributed by atoms with Crippen LogP contribution in [0.2, 0.25) is 0 Å². The van der Waals surface area contributed by atoms with Crippen LogP contribution in [0.3, 0.4) is 0 Å². The summed E-state index contributed by atoms with van der Waals surface area (Å²) in [7, 11) is 1.39. The van der Waals surface area contributed by atoms with Crippen LogP contribution in [0.5, 0.6) is 0 Å². The summed E-state index contributed by atoms with van der Waals surface area (Å²) in [5.41, 5.74) is 3.50. The first-order chi connectivity index (χ1) is 11.0. The summed E-state index contributed by atoms with van der Waals surface area (Å²) in [4.78, 5) is 16.5. The number of nitrogens with zero attached hydrogens (tertiary/aromatic N) is 3. The van der Waals surface area contributed by atoms with Crippen molar-refractivity contribution in [1.82, 2.24) is 14.8 Å². The van der Waals surface area contributed by atoms with Crippen molar-refractivity contribution in [2.75, 3.05) is 12.4 Å². The largest absolute Gasteiger partial charge is 0.466 e. The van der Waals surface area contributed by atoms with Gasteiger partial charge >= 0.3 is 5.97 Å². The summed E-state index contributed by atoms with van der Waals surface area (Å²) in [6, 6.07) is 7.90. The molecule has 2 heterocycles. The third-order valence-electron chi connectivity index (χ3n) is 4.12. The number of methoxy groups -OCH3 is 1. The molecule has 3 rings (SSSR count). The number of carbonyl (C=O) groups excluding carboxylic acids is 1. The monoisotopic (exact) mass is 312 g/mol. The van der Waals surface area contributed by atoms with Crippen molar-refractivity contribution in [2.24, 2.45) is 0 Å². The highest BCUT2D eigenvalue weighted by Crippen LogP contribution is 2.35. The van der Waals surface area contributed by atoms with E-state index in [2.05, 4.69) is 41.4 Å². The third kappa shape index (κ3) is 2.60. The molecular weight excluding hydrogens is 292 g/mol. The van der Waals surface area contributed by atoms with Gasteiger partial charge in [-0.25, -0.2) is 9.48 Å². The number of hydrogen-bond donors (Lipinski definition) is 1. The SMILES string of the molecule is COC(=O)C1=C(C)Nc2ncnn2[C@@H]1c1ccc(C(C)C)cc1. The highest BCUT2D eigenvalue weighted by atomic mass is 16.5. The van der Waals surface area contributed by atoms with Gasteiger partial charge in [0.1, 0.15) is 12.4 Å². The van der Waals surface area contributed by atoms with Gasteiger partial charge in [-0.15, -0.1) is 0 Å². The van der Waals surface area contributed by atoms with Crippen molar-refractivity contribution in [3.63, 3.8) is 0 Å². The number of allylic oxidation sites excluding steroid dienone is 1. The van der Waals surface area contributed by atoms with Gasteiger partial charge in [0.05, 0.1) is 12.7 Å². The van der Waals surface area contributed by atoms with Crippen molar-refractivity contribution in [3.8, 4) is 0 Å². The number of carbonyl (C=O) groups is 1. The summed E-state index contributed by atoms with van der Waals surface area (Å²) in [5, 5.41) is 7.38. The molecule has 23 heavy (non-hydrogen) atoms. The molecule has 0 aliphatic carbocycles. The van der Waals surface area contributed by atoms with Gasteiger partial charge in [0.15, 0.2) is 0 Å². The molecule has 1 N–H and O–H groups in total. The first-order valence-electron chi connectivity index (χ1n) is 7.58. The highest BCUT2D eigenvalue weighted by molar-refractivity contribution is 5.92. The van der Waals surface area contributed by atoms with Gasteiger partial charge in [0, 0.05) is 5.70 Å². The zero-order valence-corrected chi connectivity index (χ0v) is 13.7. The lowest BCUT2D eigenvalue weighted by molar-refractivity contribution is -0.136. The quantitative estimate of drug-likeness (QED) is 0.883. The Kier molecular flexibility index (Phi) is 3.90. The fraction of sp³-hybridized carbons (Fsp3) is 0.353. The summed E-state index contributed by atoms with van der Waals surface area (Å²) in [6.07, 6.45) is 1.48. The van der Waals surface area contributed by atoms with Crippen LogP contribution in [-0.2, 0) is 9.53 Å². The van der Waals surface area contributed by atoms with E-state index in [0.717, 1.165) is 11.3 Å². The molecule has 0 fully saturated rings. The predicted molar refractivity (Wildman–Crippen MR) is 87.0 cm³/mol. The van der Waals surface area contributed by atoms with Crippen LogP contribution in [-0.4, -0.2) is 27.8 Å². The zero-order chi connectivity index (χ0) is 16.6. The van der Waals surface area contributed by atoms with Gasteiger partial charge in [0.2, 0.25) is 5.95 Å². The van der Waals surface area contributed by atoms with E-state index in [0.29, 0.717) is 17.4 Å². The second-order valence-corrected chi connectivity index (χ2v) is 5.91. The van der Waals surface area contributed by atoms with Crippen LogP contribution < -0.4 is 5.32 Å². The lowest BCUT2D eigenvalue weighted by atomic mass is 9.93. The van der Waals surface area contributed by atoms with E-state index in [9.17, 15) is 4.79 Å². The van der Waals surface area contributed by atoms with Crippen LogP contribution in [0.15, 0.2) is 41.9 Å². The van der Waals surface area contributed by atoms with E-state index in [4.69, 9.17) is 4.74 Å². The summed E-state index contributed by atoms with van der Waals surface area (Å²) in [5.74, 6) is 0.707. The smallest absolute Gasteiger partial charge is 0.338 e. The summed E-state index contributed by atoms with van der Waals surface area (Å²) >= 11 is 0. The van der Waals surface area contributed by atoms with Gasteiger partial charge in [-0.3, -0.25) is 0 Å². The molecule has 2 aromatic rings. The second kappa shape index (κ2) is 5.87. The van der Waals surface area contributed by atoms with Crippen molar-refractivity contribution in [2.45, 2.75) is 32.7 Å². The molecule has 1 aliphatic heterocycles. The first-order valence-corrected chi connectivity index (χ1v) is 7.58. The standard InChI is InChI=1S/C17H20N4O2/c1-10(2)12-5-7-13(8-6-12)15-14(16(22)23-4)11(3)20-17-18-9-19-21(15)17/h5-10,15H,1-4H3,(H,18,19,20)/t15-/m1/s1. The van der Waals surface area contributed by atoms with E-state index < -0.39 is 0 Å². The number of aromatic nitrogens is 3. The number of hydrogen-bond acceptors (Lipinski definition) is 5. The van der Waals surface area contributed by atoms with Crippen molar-refractivity contribution < 1.29 is 9.53 Å². The zero-order valence-electron chi connectivity index (χ0n) is 13.7. The van der Waals surface area contributed by atoms with Crippen LogP contribution in [0.4, 0.5) is 5.95 Å². The molecule has 1 aromatic heterocycles. The Balaban J connectivity index is 2.11. The normalized spacial score (nSPS) is 17.0. The second-order valence-electron chi connectivity index (χ2n) is 5.91. The van der Waals surface area contributed by atoms with Crippen LogP contribution in [0.25, 0.3) is 0 Å². The molecule has 120 valence electrons. The van der Waals surface area contributed by atoms with E-state index in [1.807, 2.05) is 19.1 Å². The van der Waals surface area contributed by atoms with E-state index in [-0.39, 0.29) is 12.0 Å². The van der Waals surface area contributed by atoms with E-state index >= 15 is 0 Å². The average molecular weight is 312 g/mol. The molecule has 0 spiro atoms. The molecule has 0 amide bonds. The van der Waals surface area contributed by atoms with Crippen LogP contribution in [0.1, 0.15) is 43.9 Å². The maximum atomic E-state index is 12.3. The number of ether oxygens (including phenoxy) is 1. The molecule has 0 bridgehead atoms. The number of rotatable bonds is 3. The number of esters is 1. The maximum absolute atomic E-state index is 12.3. The molecule has 6 heteroatoms. The lowest BCUT2D eigenvalue weighted by Crippen LogP contribution is -2.29. The van der Waals surface area contributed by atoms with Crippen molar-refractivity contribution in [3.05, 3.63) is 53.0 Å². The highest BCUT2D eigenvalue weighted by Gasteiger charge is 2.33. The minimum absolute atomic E-state index is 0.345. The molecular formula is C17H20N4O2. The van der Waals surface area contributed by atoms with Gasteiger partial charge in [0.25, 0.3) is 0 Å². The van der Waals surface area contributed by atoms with E-state index in [1.54, 1.807) is 4.68 Å². The first kappa shape index (κ1) is 15.3. The van der Waals surface area contributed by atoms with Gasteiger partial charge in [-0.1, -0.05) is 38.1 Å². The summed E-state index contributed by atoms with van der Waals surface area (Å²) in [6.45, 7) is 6.15. The lowest BCUT2D eigenvalue weighted by Gasteiger charge is -2.28. The fourth-order valence-corrected chi connectivity index (χ4v) is 2.84. The number of benzene rings is 1. The van der Waals surface area contributed by atoms with E-state index in [1.165, 1.54) is 19.0 Å². The number of nitrogens with one attached hydrogen (secondary N) is 1. The summed E-state index contributed by atoms with van der Waals surface area (Å²) < 4.78 is 6.68. The maximum Gasteiger partial charge on any atom is 0.338 e. The topological polar surface area (TPSA) is 69.0 Å². The Morgan fingerprint density at radius 3 is 2.61 bits per heavy atom. The minimum atomic E-state index is -0.367. The Bertz CT molecular complexity index is 759. The molecule has 1 aliphatic rings. The Morgan fingerprint density at radius 1 is 1.30 bits per heavy atom. The average Bonchev–Trinajstić information content (AvgIpc) is 3.00. The van der Waals surface area contributed by atoms with Gasteiger partial charge in [-0.2, -0.15) is 10.1 Å². The Hall–Kier alpha value is -2.63. The molecule has 1 aromatic carbocycles. The number of anilines is 1. The molecule has 0 unspecified atom stereocenters. The molecule has 1 atom stereocenters. The van der Waals surface area contributed by atoms with Crippen LogP contribution >= 0.6 is 0 Å². The third-order valence-corrected chi connectivity index (χ3v) is 4.12.